The molecule has 0 aliphatic rings. The van der Waals surface area contributed by atoms with Crippen molar-refractivity contribution >= 4 is 27.8 Å². The molecule has 0 radical (unpaired) electrons. The fourth-order valence-electron chi connectivity index (χ4n) is 0.517. The predicted octanol–water partition coefficient (Wildman–Crippen LogP) is -0.851. The first-order chi connectivity index (χ1) is 4.88. The molecule has 2 N–H and O–H groups in total. The van der Waals surface area contributed by atoms with Crippen molar-refractivity contribution in [3.05, 3.63) is 12.4 Å². The second kappa shape index (κ2) is 3.45. The minimum Gasteiger partial charge on any atom is -0.262 e. The number of hydrogen-bond acceptors (Lipinski definition) is 2. The molecule has 1 aromatic rings. The summed E-state index contributed by atoms with van der Waals surface area (Å²) >= 11 is 0. The fraction of sp³-hybridized carbons (Fsp3) is 0. The highest BCUT2D eigenvalue weighted by atomic mass is 31.1. The Morgan fingerprint density at radius 3 is 1.70 bits per heavy atom. The fourth-order valence-corrected chi connectivity index (χ4v) is 1.32. The van der Waals surface area contributed by atoms with E-state index < -0.39 is 0 Å². The molecule has 0 saturated heterocycles. The molecule has 1 heterocycles. The maximum atomic E-state index is 10.3. The van der Waals surface area contributed by atoms with Gasteiger partial charge in [-0.25, -0.2) is 0 Å². The van der Waals surface area contributed by atoms with Gasteiger partial charge in [0, 0.05) is 0 Å². The van der Waals surface area contributed by atoms with Crippen LogP contribution in [0.1, 0.15) is 0 Å². The predicted molar refractivity (Wildman–Crippen MR) is 34.0 cm³/mol. The molecule has 0 fully saturated rings. The van der Waals surface area contributed by atoms with Crippen LogP contribution in [-0.2, 0) is 9.13 Å². The minimum atomic E-state index is -0.166. The molecule has 0 unspecified atom stereocenters. The third kappa shape index (κ3) is 1.41. The third-order valence-corrected chi connectivity index (χ3v) is 2.18. The first-order valence-corrected chi connectivity index (χ1v) is 4.10. The molecule has 0 aliphatic carbocycles. The molecule has 0 amide bonds. The summed E-state index contributed by atoms with van der Waals surface area (Å²) in [5.74, 6) is 0. The molecule has 0 aromatic carbocycles. The monoisotopic (exact) mass is 174 g/mol. The van der Waals surface area contributed by atoms with Gasteiger partial charge in [-0.2, -0.15) is 9.97 Å². The van der Waals surface area contributed by atoms with Crippen LogP contribution in [0.3, 0.4) is 0 Å². The molecule has 6 heteroatoms. The van der Waals surface area contributed by atoms with Gasteiger partial charge in [0.2, 0.25) is 12.4 Å². The Kier molecular flexibility index (Phi) is 2.55. The average molecular weight is 174 g/mol. The smallest absolute Gasteiger partial charge is 0.262 e. The topological polar surface area (TPSA) is 62.4 Å². The van der Waals surface area contributed by atoms with E-state index in [1.165, 1.54) is 0 Å². The summed E-state index contributed by atoms with van der Waals surface area (Å²) in [5, 5.41) is 0. The van der Waals surface area contributed by atoms with Crippen LogP contribution in [0.4, 0.5) is 0 Å². The first kappa shape index (κ1) is 7.39. The lowest BCUT2D eigenvalue weighted by Gasteiger charge is -1.74. The molecule has 10 heavy (non-hydrogen) atoms. The van der Waals surface area contributed by atoms with Crippen LogP contribution in [0.5, 0.6) is 0 Å². The zero-order valence-electron chi connectivity index (χ0n) is 4.87. The largest absolute Gasteiger partial charge is 0.351 e. The second-order valence-electron chi connectivity index (χ2n) is 1.50. The molecule has 1 aromatic heterocycles. The standard InChI is InChI=1S/C4H2N2O2P2/c7-9-3-4(10-8)6-2-1-5-3/h1-2H/p+2. The number of H-pyrrole nitrogens is 2. The zero-order valence-corrected chi connectivity index (χ0v) is 6.65. The van der Waals surface area contributed by atoms with Crippen LogP contribution in [-0.4, -0.2) is 0 Å². The van der Waals surface area contributed by atoms with Gasteiger partial charge in [-0.1, -0.05) is 0 Å². The van der Waals surface area contributed by atoms with Crippen molar-refractivity contribution in [1.82, 2.24) is 0 Å². The van der Waals surface area contributed by atoms with Gasteiger partial charge >= 0.3 is 10.9 Å². The van der Waals surface area contributed by atoms with Gasteiger partial charge < -0.3 is 0 Å². The SMILES string of the molecule is O=Pc1[nH+]cc[nH+]c1P=O. The Bertz CT molecular complexity index is 238. The summed E-state index contributed by atoms with van der Waals surface area (Å²) in [6.07, 6.45) is 3.16. The van der Waals surface area contributed by atoms with Gasteiger partial charge in [0.25, 0.3) is 16.9 Å². The van der Waals surface area contributed by atoms with E-state index in [9.17, 15) is 9.13 Å². The van der Waals surface area contributed by atoms with E-state index in [0.29, 0.717) is 10.9 Å². The van der Waals surface area contributed by atoms with Gasteiger partial charge in [-0.15, -0.1) is 0 Å². The third-order valence-electron chi connectivity index (χ3n) is 0.930. The Balaban J connectivity index is 3.20. The molecule has 4 nitrogen and oxygen atoms in total. The maximum absolute atomic E-state index is 10.3. The normalized spacial score (nSPS) is 10.4. The Morgan fingerprint density at radius 2 is 1.40 bits per heavy atom. The summed E-state index contributed by atoms with van der Waals surface area (Å²) in [6, 6.07) is 0. The highest BCUT2D eigenvalue weighted by molar-refractivity contribution is 7.40. The molecule has 50 valence electrons. The van der Waals surface area contributed by atoms with E-state index in [2.05, 4.69) is 9.97 Å². The van der Waals surface area contributed by atoms with Crippen molar-refractivity contribution in [2.24, 2.45) is 0 Å². The Morgan fingerprint density at radius 1 is 1.00 bits per heavy atom. The van der Waals surface area contributed by atoms with Crippen molar-refractivity contribution in [3.63, 3.8) is 0 Å². The van der Waals surface area contributed by atoms with Crippen molar-refractivity contribution in [1.29, 1.82) is 0 Å². The lowest BCUT2D eigenvalue weighted by Crippen LogP contribution is -2.41. The molecule has 0 bridgehead atoms. The van der Waals surface area contributed by atoms with E-state index in [1.807, 2.05) is 0 Å². The zero-order chi connectivity index (χ0) is 7.40. The van der Waals surface area contributed by atoms with Crippen molar-refractivity contribution in [2.45, 2.75) is 0 Å². The lowest BCUT2D eigenvalue weighted by atomic mass is 10.8. The Hall–Kier alpha value is -0.720. The number of hydrogen-bond donors (Lipinski definition) is 0. The number of nitrogens with one attached hydrogen (secondary N) is 2. The number of rotatable bonds is 2. The summed E-state index contributed by atoms with van der Waals surface area (Å²) < 4.78 is 20.6. The van der Waals surface area contributed by atoms with E-state index in [4.69, 9.17) is 0 Å². The summed E-state index contributed by atoms with van der Waals surface area (Å²) in [7, 11) is -0.332. The van der Waals surface area contributed by atoms with Crippen molar-refractivity contribution in [3.8, 4) is 0 Å². The number of aromatic nitrogens is 2. The molecule has 0 saturated carbocycles. The van der Waals surface area contributed by atoms with E-state index in [1.54, 1.807) is 12.4 Å². The molecular formula is C4H4N2O2P2+2. The summed E-state index contributed by atoms with van der Waals surface area (Å²) in [5.41, 5.74) is 0.804. The molecule has 1 rings (SSSR count). The molecular weight excluding hydrogens is 170 g/mol. The van der Waals surface area contributed by atoms with E-state index >= 15 is 0 Å². The van der Waals surface area contributed by atoms with Crippen LogP contribution >= 0.6 is 16.9 Å². The van der Waals surface area contributed by atoms with Gasteiger partial charge in [0.15, 0.2) is 0 Å². The van der Waals surface area contributed by atoms with Crippen LogP contribution in [0, 0.1) is 0 Å². The summed E-state index contributed by atoms with van der Waals surface area (Å²) in [6.45, 7) is 0. The van der Waals surface area contributed by atoms with Gasteiger partial charge in [-0.3, -0.25) is 9.13 Å². The first-order valence-electron chi connectivity index (χ1n) is 2.47. The highest BCUT2D eigenvalue weighted by Crippen LogP contribution is 1.88. The average Bonchev–Trinajstić information content (AvgIpc) is 2.04. The van der Waals surface area contributed by atoms with Gasteiger partial charge in [0.05, 0.1) is 0 Å². The Labute approximate surface area is 60.1 Å². The lowest BCUT2D eigenvalue weighted by molar-refractivity contribution is -0.417. The van der Waals surface area contributed by atoms with Crippen molar-refractivity contribution < 1.29 is 19.1 Å². The summed E-state index contributed by atoms with van der Waals surface area (Å²) in [4.78, 5) is 5.35. The highest BCUT2D eigenvalue weighted by Gasteiger charge is 2.15. The quantitative estimate of drug-likeness (QED) is 0.548. The van der Waals surface area contributed by atoms with E-state index in [0.717, 1.165) is 0 Å². The minimum absolute atomic E-state index is 0.166. The van der Waals surface area contributed by atoms with E-state index in [-0.39, 0.29) is 16.9 Å². The second-order valence-corrected chi connectivity index (χ2v) is 2.76. The molecule has 0 spiro atoms. The molecule has 0 atom stereocenters. The van der Waals surface area contributed by atoms with Crippen LogP contribution in [0.15, 0.2) is 12.4 Å². The van der Waals surface area contributed by atoms with Crippen molar-refractivity contribution in [2.75, 3.05) is 0 Å². The van der Waals surface area contributed by atoms with Gasteiger partial charge in [0.1, 0.15) is 0 Å². The van der Waals surface area contributed by atoms with Gasteiger partial charge in [-0.05, 0) is 0 Å². The maximum Gasteiger partial charge on any atom is 0.351 e. The molecule has 0 aliphatic heterocycles. The number of aromatic amines is 2. The van der Waals surface area contributed by atoms with Crippen LogP contribution < -0.4 is 20.8 Å². The van der Waals surface area contributed by atoms with Crippen LogP contribution in [0.2, 0.25) is 0 Å². The van der Waals surface area contributed by atoms with Crippen LogP contribution in [0.25, 0.3) is 0 Å².